The highest BCUT2D eigenvalue weighted by molar-refractivity contribution is 5.78. The van der Waals surface area contributed by atoms with Gasteiger partial charge in [0.15, 0.2) is 0 Å². The molecule has 0 aliphatic heterocycles. The summed E-state index contributed by atoms with van der Waals surface area (Å²) in [6.07, 6.45) is 5.72. The van der Waals surface area contributed by atoms with Crippen molar-refractivity contribution in [3.8, 4) is 0 Å². The van der Waals surface area contributed by atoms with E-state index in [4.69, 9.17) is 5.73 Å². The van der Waals surface area contributed by atoms with Gasteiger partial charge in [-0.1, -0.05) is 26.7 Å². The number of nitrogens with zero attached hydrogens (tertiary/aromatic N) is 2. The van der Waals surface area contributed by atoms with E-state index in [1.165, 1.54) is 24.8 Å². The molecule has 0 radical (unpaired) electrons. The van der Waals surface area contributed by atoms with Gasteiger partial charge in [-0.25, -0.2) is 4.98 Å². The Bertz CT molecular complexity index is 485. The molecule has 0 fully saturated rings. The molecular weight excluding hydrogens is 210 g/mol. The summed E-state index contributed by atoms with van der Waals surface area (Å²) in [6, 6.07) is 5.93. The van der Waals surface area contributed by atoms with Crippen LogP contribution in [0.3, 0.4) is 0 Å². The highest BCUT2D eigenvalue weighted by atomic mass is 15.0. The van der Waals surface area contributed by atoms with Crippen LogP contribution in [0.25, 0.3) is 11.0 Å². The zero-order valence-corrected chi connectivity index (χ0v) is 10.7. The number of hydrogen-bond donors (Lipinski definition) is 1. The number of imidazole rings is 1. The number of unbranched alkanes of at least 4 members (excludes halogenated alkanes) is 1. The van der Waals surface area contributed by atoms with Gasteiger partial charge in [0.25, 0.3) is 0 Å². The number of nitrogens with two attached hydrogens (primary N) is 1. The van der Waals surface area contributed by atoms with Crippen LogP contribution in [0.5, 0.6) is 0 Å². The Morgan fingerprint density at radius 1 is 1.29 bits per heavy atom. The summed E-state index contributed by atoms with van der Waals surface area (Å²) in [7, 11) is 0. The number of benzene rings is 1. The predicted octanol–water partition coefficient (Wildman–Crippen LogP) is 3.44. The lowest BCUT2D eigenvalue weighted by Gasteiger charge is -2.06. The van der Waals surface area contributed by atoms with Crippen molar-refractivity contribution < 1.29 is 0 Å². The highest BCUT2D eigenvalue weighted by Crippen LogP contribution is 2.17. The molecule has 0 saturated carbocycles. The monoisotopic (exact) mass is 231 g/mol. The molecule has 0 bridgehead atoms. The zero-order chi connectivity index (χ0) is 12.3. The lowest BCUT2D eigenvalue weighted by atomic mass is 10.1. The van der Waals surface area contributed by atoms with Crippen LogP contribution in [0.1, 0.15) is 33.1 Å². The van der Waals surface area contributed by atoms with E-state index in [0.29, 0.717) is 0 Å². The van der Waals surface area contributed by atoms with Gasteiger partial charge in [-0.05, 0) is 30.5 Å². The third-order valence-corrected chi connectivity index (χ3v) is 3.08. The number of nitrogen functional groups attached to an aromatic ring is 1. The first-order valence-electron chi connectivity index (χ1n) is 6.37. The molecule has 0 aliphatic carbocycles. The van der Waals surface area contributed by atoms with E-state index in [2.05, 4.69) is 29.5 Å². The van der Waals surface area contributed by atoms with E-state index < -0.39 is 0 Å². The van der Waals surface area contributed by atoms with Gasteiger partial charge in [0.2, 0.25) is 0 Å². The van der Waals surface area contributed by atoms with E-state index >= 15 is 0 Å². The molecule has 0 aliphatic rings. The molecule has 0 spiro atoms. The molecule has 1 aromatic heterocycles. The van der Waals surface area contributed by atoms with Crippen molar-refractivity contribution in [3.05, 3.63) is 24.5 Å². The van der Waals surface area contributed by atoms with Crippen molar-refractivity contribution in [2.75, 3.05) is 5.73 Å². The minimum absolute atomic E-state index is 0.780. The van der Waals surface area contributed by atoms with Crippen LogP contribution in [0.2, 0.25) is 0 Å². The molecule has 2 rings (SSSR count). The minimum atomic E-state index is 0.780. The molecule has 0 atom stereocenters. The Morgan fingerprint density at radius 3 is 2.88 bits per heavy atom. The van der Waals surface area contributed by atoms with E-state index in [9.17, 15) is 0 Å². The number of aromatic nitrogens is 2. The summed E-state index contributed by atoms with van der Waals surface area (Å²) in [4.78, 5) is 4.38. The summed E-state index contributed by atoms with van der Waals surface area (Å²) in [6.45, 7) is 5.60. The van der Waals surface area contributed by atoms with Crippen molar-refractivity contribution in [2.24, 2.45) is 5.92 Å². The summed E-state index contributed by atoms with van der Waals surface area (Å²) in [5.41, 5.74) is 8.70. The smallest absolute Gasteiger partial charge is 0.0958 e. The third-order valence-electron chi connectivity index (χ3n) is 3.08. The Hall–Kier alpha value is -1.51. The molecule has 3 heteroatoms. The van der Waals surface area contributed by atoms with Crippen LogP contribution in [0, 0.1) is 5.92 Å². The number of fused-ring (bicyclic) bond motifs is 1. The fourth-order valence-electron chi connectivity index (χ4n) is 2.09. The number of rotatable bonds is 5. The van der Waals surface area contributed by atoms with Gasteiger partial charge in [0.1, 0.15) is 0 Å². The number of hydrogen-bond acceptors (Lipinski definition) is 2. The second kappa shape index (κ2) is 5.21. The van der Waals surface area contributed by atoms with E-state index in [1.807, 2.05) is 18.5 Å². The second-order valence-electron chi connectivity index (χ2n) is 5.08. The molecule has 0 amide bonds. The topological polar surface area (TPSA) is 43.8 Å². The van der Waals surface area contributed by atoms with Gasteiger partial charge in [-0.2, -0.15) is 0 Å². The first-order valence-corrected chi connectivity index (χ1v) is 6.37. The minimum Gasteiger partial charge on any atom is -0.399 e. The quantitative estimate of drug-likeness (QED) is 0.632. The fourth-order valence-corrected chi connectivity index (χ4v) is 2.09. The van der Waals surface area contributed by atoms with E-state index in [1.54, 1.807) is 0 Å². The summed E-state index contributed by atoms with van der Waals surface area (Å²) in [5, 5.41) is 0. The molecular formula is C14H21N3. The van der Waals surface area contributed by atoms with Crippen molar-refractivity contribution >= 4 is 16.7 Å². The largest absolute Gasteiger partial charge is 0.399 e. The maximum atomic E-state index is 5.74. The summed E-state index contributed by atoms with van der Waals surface area (Å²) < 4.78 is 2.22. The third kappa shape index (κ3) is 2.99. The number of anilines is 1. The Balaban J connectivity index is 1.99. The maximum absolute atomic E-state index is 5.74. The molecule has 0 saturated heterocycles. The van der Waals surface area contributed by atoms with Crippen molar-refractivity contribution in [1.29, 1.82) is 0 Å². The molecule has 1 heterocycles. The normalized spacial score (nSPS) is 11.5. The number of aryl methyl sites for hydroxylation is 1. The van der Waals surface area contributed by atoms with Crippen LogP contribution in [0.15, 0.2) is 24.5 Å². The van der Waals surface area contributed by atoms with Gasteiger partial charge >= 0.3 is 0 Å². The lowest BCUT2D eigenvalue weighted by molar-refractivity contribution is 0.512. The van der Waals surface area contributed by atoms with Crippen LogP contribution >= 0.6 is 0 Å². The van der Waals surface area contributed by atoms with Crippen LogP contribution in [-0.2, 0) is 6.54 Å². The predicted molar refractivity (Wildman–Crippen MR) is 72.8 cm³/mol. The van der Waals surface area contributed by atoms with Gasteiger partial charge in [-0.3, -0.25) is 0 Å². The summed E-state index contributed by atoms with van der Waals surface area (Å²) >= 11 is 0. The Labute approximate surface area is 103 Å². The maximum Gasteiger partial charge on any atom is 0.0958 e. The van der Waals surface area contributed by atoms with Gasteiger partial charge in [-0.15, -0.1) is 0 Å². The van der Waals surface area contributed by atoms with Crippen molar-refractivity contribution in [1.82, 2.24) is 9.55 Å². The van der Waals surface area contributed by atoms with Crippen molar-refractivity contribution in [3.63, 3.8) is 0 Å². The average Bonchev–Trinajstić information content (AvgIpc) is 2.66. The highest BCUT2D eigenvalue weighted by Gasteiger charge is 2.02. The zero-order valence-electron chi connectivity index (χ0n) is 10.7. The Kier molecular flexibility index (Phi) is 3.67. The van der Waals surface area contributed by atoms with E-state index in [0.717, 1.165) is 23.7 Å². The molecule has 3 nitrogen and oxygen atoms in total. The Morgan fingerprint density at radius 2 is 2.12 bits per heavy atom. The first-order chi connectivity index (χ1) is 8.16. The summed E-state index contributed by atoms with van der Waals surface area (Å²) in [5.74, 6) is 0.800. The van der Waals surface area contributed by atoms with Gasteiger partial charge in [0, 0.05) is 12.2 Å². The lowest BCUT2D eigenvalue weighted by Crippen LogP contribution is -1.97. The molecule has 0 unspecified atom stereocenters. The second-order valence-corrected chi connectivity index (χ2v) is 5.08. The molecule has 17 heavy (non-hydrogen) atoms. The molecule has 92 valence electrons. The SMILES string of the molecule is CC(C)CCCCn1cnc2cc(N)ccc21. The standard InChI is InChI=1S/C14H21N3/c1-11(2)5-3-4-8-17-10-16-13-9-12(15)6-7-14(13)17/h6-7,9-11H,3-5,8,15H2,1-2H3. The van der Waals surface area contributed by atoms with Crippen LogP contribution in [-0.4, -0.2) is 9.55 Å². The molecule has 2 aromatic rings. The van der Waals surface area contributed by atoms with Crippen LogP contribution in [0.4, 0.5) is 5.69 Å². The van der Waals surface area contributed by atoms with E-state index in [-0.39, 0.29) is 0 Å². The molecule has 2 N–H and O–H groups in total. The van der Waals surface area contributed by atoms with Crippen molar-refractivity contribution in [2.45, 2.75) is 39.7 Å². The van der Waals surface area contributed by atoms with Gasteiger partial charge in [0.05, 0.1) is 17.4 Å². The average molecular weight is 231 g/mol. The molecule has 1 aromatic carbocycles. The van der Waals surface area contributed by atoms with Gasteiger partial charge < -0.3 is 10.3 Å². The first kappa shape index (κ1) is 12.0. The van der Waals surface area contributed by atoms with Crippen LogP contribution < -0.4 is 5.73 Å². The fraction of sp³-hybridized carbons (Fsp3) is 0.500.